The number of carbonyl (C=O) groups is 1. The van der Waals surface area contributed by atoms with E-state index in [1.165, 1.54) is 0 Å². The number of benzene rings is 1. The lowest BCUT2D eigenvalue weighted by atomic mass is 9.85. The monoisotopic (exact) mass is 510 g/mol. The maximum atomic E-state index is 13.0. The van der Waals surface area contributed by atoms with Crippen molar-refractivity contribution < 1.29 is 19.0 Å². The number of ether oxygens (including phenoxy) is 3. The van der Waals surface area contributed by atoms with E-state index in [9.17, 15) is 4.79 Å². The van der Waals surface area contributed by atoms with Gasteiger partial charge in [-0.15, -0.1) is 0 Å². The zero-order valence-electron chi connectivity index (χ0n) is 21.3. The van der Waals surface area contributed by atoms with Crippen molar-refractivity contribution in [3.05, 3.63) is 40.9 Å². The smallest absolute Gasteiger partial charge is 0.254 e. The highest BCUT2D eigenvalue weighted by molar-refractivity contribution is 7.98. The van der Waals surface area contributed by atoms with Crippen LogP contribution in [0.5, 0.6) is 5.75 Å². The third-order valence-corrected chi connectivity index (χ3v) is 7.47. The highest BCUT2D eigenvalue weighted by Gasteiger charge is 2.40. The molecule has 2 unspecified atom stereocenters. The highest BCUT2D eigenvalue weighted by atomic mass is 35.5. The Bertz CT molecular complexity index is 878. The van der Waals surface area contributed by atoms with E-state index in [0.29, 0.717) is 32.2 Å². The number of carbonyl (C=O) groups excluding carboxylic acids is 1. The molecule has 6 nitrogen and oxygen atoms in total. The fraction of sp³-hybridized carbons (Fsp3) is 0.654. The number of nitrogens with one attached hydrogen (secondary N) is 1. The van der Waals surface area contributed by atoms with Gasteiger partial charge < -0.3 is 19.1 Å². The van der Waals surface area contributed by atoms with Gasteiger partial charge in [0.1, 0.15) is 12.4 Å². The van der Waals surface area contributed by atoms with Crippen LogP contribution in [0.25, 0.3) is 0 Å². The summed E-state index contributed by atoms with van der Waals surface area (Å²) >= 11 is 8.28. The van der Waals surface area contributed by atoms with Crippen LogP contribution in [0.15, 0.2) is 24.8 Å². The molecule has 1 aromatic rings. The van der Waals surface area contributed by atoms with Gasteiger partial charge in [-0.25, -0.2) is 0 Å². The summed E-state index contributed by atoms with van der Waals surface area (Å²) in [5.74, 6) is 0.461. The molecule has 2 fully saturated rings. The first-order valence-corrected chi connectivity index (χ1v) is 13.2. The minimum absolute atomic E-state index is 0.0194. The maximum Gasteiger partial charge on any atom is 0.254 e. The lowest BCUT2D eigenvalue weighted by molar-refractivity contribution is -0.161. The van der Waals surface area contributed by atoms with Crippen molar-refractivity contribution in [1.29, 1.82) is 0 Å². The molecule has 0 radical (unpaired) electrons. The fourth-order valence-electron chi connectivity index (χ4n) is 4.31. The first-order chi connectivity index (χ1) is 15.9. The Kier molecular flexibility index (Phi) is 9.01. The van der Waals surface area contributed by atoms with Gasteiger partial charge in [0.05, 0.1) is 6.61 Å². The predicted molar refractivity (Wildman–Crippen MR) is 139 cm³/mol. The molecule has 0 saturated carbocycles. The van der Waals surface area contributed by atoms with Crippen LogP contribution in [0.1, 0.15) is 64.6 Å². The van der Waals surface area contributed by atoms with E-state index in [2.05, 4.69) is 32.1 Å². The fourth-order valence-corrected chi connectivity index (χ4v) is 5.28. The Hall–Kier alpha value is -1.25. The van der Waals surface area contributed by atoms with Gasteiger partial charge in [-0.3, -0.25) is 9.52 Å². The van der Waals surface area contributed by atoms with E-state index in [4.69, 9.17) is 25.8 Å². The van der Waals surface area contributed by atoms with Crippen molar-refractivity contribution in [3.8, 4) is 5.75 Å². The summed E-state index contributed by atoms with van der Waals surface area (Å²) in [5, 5.41) is 0.724. The van der Waals surface area contributed by atoms with Crippen molar-refractivity contribution in [2.24, 2.45) is 5.92 Å². The number of hydrogen-bond donors (Lipinski definition) is 1. The van der Waals surface area contributed by atoms with Gasteiger partial charge in [0.25, 0.3) is 5.91 Å². The van der Waals surface area contributed by atoms with Crippen LogP contribution in [0, 0.1) is 12.8 Å². The molecule has 190 valence electrons. The molecule has 34 heavy (non-hydrogen) atoms. The predicted octanol–water partition coefficient (Wildman–Crippen LogP) is 5.68. The van der Waals surface area contributed by atoms with Gasteiger partial charge in [-0.05, 0) is 78.0 Å². The molecule has 1 amide bonds. The third kappa shape index (κ3) is 7.14. The van der Waals surface area contributed by atoms with Gasteiger partial charge in [0.2, 0.25) is 0 Å². The summed E-state index contributed by atoms with van der Waals surface area (Å²) < 4.78 is 21.2. The van der Waals surface area contributed by atoms with Crippen molar-refractivity contribution in [2.45, 2.75) is 77.1 Å². The minimum Gasteiger partial charge on any atom is -0.489 e. The molecular formula is C26H39ClN2O4S. The van der Waals surface area contributed by atoms with Gasteiger partial charge in [0, 0.05) is 34.5 Å². The minimum atomic E-state index is -0.704. The second-order valence-corrected chi connectivity index (χ2v) is 12.6. The highest BCUT2D eigenvalue weighted by Crippen LogP contribution is 2.41. The van der Waals surface area contributed by atoms with E-state index in [1.54, 1.807) is 18.0 Å². The van der Waals surface area contributed by atoms with Crippen LogP contribution in [0.3, 0.4) is 0 Å². The number of hydrogen-bond acceptors (Lipinski definition) is 6. The van der Waals surface area contributed by atoms with Crippen molar-refractivity contribution in [2.75, 3.05) is 26.3 Å². The average Bonchev–Trinajstić information content (AvgIpc) is 3.14. The van der Waals surface area contributed by atoms with E-state index in [-0.39, 0.29) is 16.7 Å². The molecule has 8 heteroatoms. The standard InChI is InChI=1S/C26H39ClN2O4S/c1-8-13-31-21-14-17(2)20(27)15-19(21)23(28-34-25(3,4)5)18-9-11-29(12-10-18)24(30)22-16-32-26(6,7)33-22/h8,14-15,18,22-23,28H,1,9-13,16H2,2-7H3. The number of nitrogens with zero attached hydrogens (tertiary/aromatic N) is 1. The topological polar surface area (TPSA) is 60.0 Å². The van der Waals surface area contributed by atoms with Crippen LogP contribution in [0.4, 0.5) is 0 Å². The van der Waals surface area contributed by atoms with Crippen molar-refractivity contribution in [3.63, 3.8) is 0 Å². The van der Waals surface area contributed by atoms with Crippen LogP contribution in [-0.2, 0) is 14.3 Å². The Morgan fingerprint density at radius 2 is 2.06 bits per heavy atom. The number of likely N-dealkylation sites (tertiary alicyclic amines) is 1. The first-order valence-electron chi connectivity index (χ1n) is 12.0. The molecule has 2 aliphatic heterocycles. The van der Waals surface area contributed by atoms with Gasteiger partial charge in [-0.2, -0.15) is 0 Å². The lowest BCUT2D eigenvalue weighted by Crippen LogP contribution is -2.46. The van der Waals surface area contributed by atoms with Crippen LogP contribution < -0.4 is 9.46 Å². The second-order valence-electron chi connectivity index (χ2n) is 10.5. The summed E-state index contributed by atoms with van der Waals surface area (Å²) in [5.41, 5.74) is 2.03. The van der Waals surface area contributed by atoms with E-state index < -0.39 is 11.9 Å². The molecule has 1 aromatic carbocycles. The average molecular weight is 511 g/mol. The SMILES string of the molecule is C=CCOc1cc(C)c(Cl)cc1C(NSC(C)(C)C)C1CCN(C(=O)C2COC(C)(C)O2)CC1. The lowest BCUT2D eigenvalue weighted by Gasteiger charge is -2.38. The van der Waals surface area contributed by atoms with Crippen molar-refractivity contribution >= 4 is 29.5 Å². The van der Waals surface area contributed by atoms with E-state index in [1.807, 2.05) is 37.8 Å². The molecule has 2 saturated heterocycles. The quantitative estimate of drug-likeness (QED) is 0.358. The molecule has 2 atom stereocenters. The number of piperidine rings is 1. The molecule has 0 aromatic heterocycles. The van der Waals surface area contributed by atoms with Gasteiger partial charge in [0.15, 0.2) is 11.9 Å². The summed E-state index contributed by atoms with van der Waals surface area (Å²) in [6, 6.07) is 4.07. The van der Waals surface area contributed by atoms with Crippen LogP contribution in [0.2, 0.25) is 5.02 Å². The molecular weight excluding hydrogens is 472 g/mol. The normalized spacial score (nSPS) is 22.0. The number of amides is 1. The zero-order chi connectivity index (χ0) is 25.1. The molecule has 1 N–H and O–H groups in total. The number of halogens is 1. The molecule has 0 spiro atoms. The largest absolute Gasteiger partial charge is 0.489 e. The summed E-state index contributed by atoms with van der Waals surface area (Å²) in [6.45, 7) is 18.1. The maximum absolute atomic E-state index is 13.0. The first kappa shape index (κ1) is 27.3. The molecule has 2 aliphatic rings. The third-order valence-electron chi connectivity index (χ3n) is 6.08. The molecule has 0 aliphatic carbocycles. The van der Waals surface area contributed by atoms with Gasteiger partial charge in [-0.1, -0.05) is 36.2 Å². The number of aryl methyl sites for hydroxylation is 1. The summed E-state index contributed by atoms with van der Waals surface area (Å²) in [6.07, 6.45) is 2.97. The summed E-state index contributed by atoms with van der Waals surface area (Å²) in [7, 11) is 0. The Labute approximate surface area is 213 Å². The van der Waals surface area contributed by atoms with Crippen molar-refractivity contribution in [1.82, 2.24) is 9.62 Å². The Balaban J connectivity index is 1.78. The molecule has 0 bridgehead atoms. The zero-order valence-corrected chi connectivity index (χ0v) is 22.9. The Morgan fingerprint density at radius 1 is 1.38 bits per heavy atom. The number of rotatable bonds is 8. The van der Waals surface area contributed by atoms with E-state index in [0.717, 1.165) is 34.7 Å². The molecule has 3 rings (SSSR count). The second kappa shape index (κ2) is 11.2. The van der Waals surface area contributed by atoms with Crippen LogP contribution in [-0.4, -0.2) is 53.7 Å². The molecule has 2 heterocycles. The van der Waals surface area contributed by atoms with Gasteiger partial charge >= 0.3 is 0 Å². The van der Waals surface area contributed by atoms with E-state index >= 15 is 0 Å². The summed E-state index contributed by atoms with van der Waals surface area (Å²) in [4.78, 5) is 14.9. The van der Waals surface area contributed by atoms with Crippen LogP contribution >= 0.6 is 23.5 Å². The Morgan fingerprint density at radius 3 is 2.62 bits per heavy atom.